The van der Waals surface area contributed by atoms with E-state index in [-0.39, 0.29) is 12.5 Å². The lowest BCUT2D eigenvalue weighted by Gasteiger charge is -2.30. The predicted molar refractivity (Wildman–Crippen MR) is 78.6 cm³/mol. The van der Waals surface area contributed by atoms with Crippen LogP contribution in [0, 0.1) is 0 Å². The number of amides is 1. The molecule has 0 aliphatic carbocycles. The molecule has 0 bridgehead atoms. The Morgan fingerprint density at radius 2 is 1.55 bits per heavy atom. The van der Waals surface area contributed by atoms with Gasteiger partial charge in [-0.3, -0.25) is 14.9 Å². The van der Waals surface area contributed by atoms with Crippen LogP contribution in [0.5, 0.6) is 0 Å². The van der Waals surface area contributed by atoms with Gasteiger partial charge >= 0.3 is 5.97 Å². The summed E-state index contributed by atoms with van der Waals surface area (Å²) in [6.07, 6.45) is 6.68. The van der Waals surface area contributed by atoms with Crippen LogP contribution < -0.4 is 5.32 Å². The molecule has 20 heavy (non-hydrogen) atoms. The highest BCUT2D eigenvalue weighted by atomic mass is 16.4. The van der Waals surface area contributed by atoms with E-state index in [1.165, 1.54) is 19.3 Å². The number of carbonyl (C=O) groups is 2. The lowest BCUT2D eigenvalue weighted by atomic mass is 9.93. The Balaban J connectivity index is 2.53. The summed E-state index contributed by atoms with van der Waals surface area (Å²) < 4.78 is 0. The molecule has 1 saturated heterocycles. The van der Waals surface area contributed by atoms with Gasteiger partial charge in [-0.1, -0.05) is 33.1 Å². The average molecular weight is 284 g/mol. The number of hydrogen-bond acceptors (Lipinski definition) is 3. The zero-order chi connectivity index (χ0) is 15.0. The maximum Gasteiger partial charge on any atom is 0.323 e. The SMILES string of the molecule is CCC(CC)(NCC(=O)N1CCCCCCC1)C(=O)O. The van der Waals surface area contributed by atoms with Gasteiger partial charge < -0.3 is 10.0 Å². The van der Waals surface area contributed by atoms with Gasteiger partial charge in [-0.25, -0.2) is 0 Å². The predicted octanol–water partition coefficient (Wildman–Crippen LogP) is 2.01. The fraction of sp³-hybridized carbons (Fsp3) is 0.867. The van der Waals surface area contributed by atoms with Crippen LogP contribution in [0.3, 0.4) is 0 Å². The fourth-order valence-corrected chi connectivity index (χ4v) is 2.73. The summed E-state index contributed by atoms with van der Waals surface area (Å²) in [6, 6.07) is 0. The van der Waals surface area contributed by atoms with Crippen LogP contribution in [0.25, 0.3) is 0 Å². The zero-order valence-electron chi connectivity index (χ0n) is 12.8. The summed E-state index contributed by atoms with van der Waals surface area (Å²) in [7, 11) is 0. The topological polar surface area (TPSA) is 69.6 Å². The van der Waals surface area contributed by atoms with Crippen LogP contribution in [0.4, 0.5) is 0 Å². The van der Waals surface area contributed by atoms with Crippen molar-refractivity contribution in [2.24, 2.45) is 0 Å². The summed E-state index contributed by atoms with van der Waals surface area (Å²) >= 11 is 0. The minimum absolute atomic E-state index is 0.0272. The monoisotopic (exact) mass is 284 g/mol. The Kier molecular flexibility index (Phi) is 6.99. The molecule has 2 N–H and O–H groups in total. The number of aliphatic carboxylic acids is 1. The third kappa shape index (κ3) is 4.47. The van der Waals surface area contributed by atoms with Crippen LogP contribution >= 0.6 is 0 Å². The van der Waals surface area contributed by atoms with Gasteiger partial charge in [-0.15, -0.1) is 0 Å². The lowest BCUT2D eigenvalue weighted by Crippen LogP contribution is -2.54. The number of nitrogens with zero attached hydrogens (tertiary/aromatic N) is 1. The molecule has 1 aliphatic rings. The van der Waals surface area contributed by atoms with Crippen molar-refractivity contribution in [2.75, 3.05) is 19.6 Å². The third-order valence-electron chi connectivity index (χ3n) is 4.40. The van der Waals surface area contributed by atoms with Gasteiger partial charge in [0.1, 0.15) is 5.54 Å². The summed E-state index contributed by atoms with van der Waals surface area (Å²) in [5.41, 5.74) is -0.974. The number of nitrogens with one attached hydrogen (secondary N) is 1. The molecule has 0 aromatic carbocycles. The molecule has 1 fully saturated rings. The summed E-state index contributed by atoms with van der Waals surface area (Å²) in [6.45, 7) is 5.40. The minimum atomic E-state index is -0.974. The van der Waals surface area contributed by atoms with Crippen molar-refractivity contribution < 1.29 is 14.7 Å². The van der Waals surface area contributed by atoms with E-state index < -0.39 is 11.5 Å². The van der Waals surface area contributed by atoms with E-state index >= 15 is 0 Å². The molecule has 1 heterocycles. The second kappa shape index (κ2) is 8.25. The van der Waals surface area contributed by atoms with Crippen molar-refractivity contribution in [1.82, 2.24) is 10.2 Å². The van der Waals surface area contributed by atoms with Crippen molar-refractivity contribution in [3.63, 3.8) is 0 Å². The lowest BCUT2D eigenvalue weighted by molar-refractivity contribution is -0.145. The Morgan fingerprint density at radius 3 is 2.00 bits per heavy atom. The summed E-state index contributed by atoms with van der Waals surface area (Å²) in [5.74, 6) is -0.845. The van der Waals surface area contributed by atoms with Gasteiger partial charge in [0.2, 0.25) is 5.91 Å². The standard InChI is InChI=1S/C15H28N2O3/c1-3-15(4-2,14(19)20)16-12-13(18)17-10-8-6-5-7-9-11-17/h16H,3-12H2,1-2H3,(H,19,20). The highest BCUT2D eigenvalue weighted by molar-refractivity contribution is 5.82. The highest BCUT2D eigenvalue weighted by Crippen LogP contribution is 2.16. The van der Waals surface area contributed by atoms with Gasteiger partial charge in [0, 0.05) is 13.1 Å². The normalized spacial score (nSPS) is 17.4. The number of hydrogen-bond donors (Lipinski definition) is 2. The van der Waals surface area contributed by atoms with Crippen molar-refractivity contribution in [3.8, 4) is 0 Å². The number of carboxylic acid groups (broad SMARTS) is 1. The van der Waals surface area contributed by atoms with E-state index in [0.29, 0.717) is 12.8 Å². The number of carbonyl (C=O) groups excluding carboxylic acids is 1. The van der Waals surface area contributed by atoms with E-state index in [0.717, 1.165) is 25.9 Å². The van der Waals surface area contributed by atoms with Gasteiger partial charge in [0.05, 0.1) is 6.54 Å². The molecule has 5 heteroatoms. The summed E-state index contributed by atoms with van der Waals surface area (Å²) in [4.78, 5) is 25.5. The second-order valence-corrected chi connectivity index (χ2v) is 5.60. The molecule has 0 aromatic rings. The van der Waals surface area contributed by atoms with E-state index in [1.807, 2.05) is 18.7 Å². The first-order chi connectivity index (χ1) is 9.55. The van der Waals surface area contributed by atoms with Crippen LogP contribution in [0.15, 0.2) is 0 Å². The van der Waals surface area contributed by atoms with Crippen LogP contribution in [0.1, 0.15) is 58.8 Å². The number of likely N-dealkylation sites (tertiary alicyclic amines) is 1. The Morgan fingerprint density at radius 1 is 1.05 bits per heavy atom. The molecular weight excluding hydrogens is 256 g/mol. The minimum Gasteiger partial charge on any atom is -0.480 e. The van der Waals surface area contributed by atoms with Crippen molar-refractivity contribution in [2.45, 2.75) is 64.3 Å². The molecule has 0 atom stereocenters. The van der Waals surface area contributed by atoms with E-state index in [4.69, 9.17) is 0 Å². The van der Waals surface area contributed by atoms with Crippen LogP contribution in [-0.4, -0.2) is 47.1 Å². The first kappa shape index (κ1) is 17.0. The maximum absolute atomic E-state index is 12.2. The Bertz CT molecular complexity index is 319. The first-order valence-electron chi connectivity index (χ1n) is 7.82. The molecule has 0 saturated carbocycles. The molecule has 0 unspecified atom stereocenters. The van der Waals surface area contributed by atoms with Gasteiger partial charge in [0.15, 0.2) is 0 Å². The van der Waals surface area contributed by atoms with Crippen molar-refractivity contribution in [1.29, 1.82) is 0 Å². The first-order valence-corrected chi connectivity index (χ1v) is 7.82. The average Bonchev–Trinajstić information content (AvgIpc) is 2.39. The van der Waals surface area contributed by atoms with Crippen molar-refractivity contribution in [3.05, 3.63) is 0 Å². The molecule has 0 aromatic heterocycles. The molecule has 1 rings (SSSR count). The number of rotatable bonds is 6. The highest BCUT2D eigenvalue weighted by Gasteiger charge is 2.35. The Labute approximate surface area is 121 Å². The van der Waals surface area contributed by atoms with Crippen LogP contribution in [0.2, 0.25) is 0 Å². The smallest absolute Gasteiger partial charge is 0.323 e. The number of carboxylic acids is 1. The molecule has 5 nitrogen and oxygen atoms in total. The molecule has 1 amide bonds. The van der Waals surface area contributed by atoms with Crippen molar-refractivity contribution >= 4 is 11.9 Å². The summed E-state index contributed by atoms with van der Waals surface area (Å²) in [5, 5.41) is 12.3. The van der Waals surface area contributed by atoms with Gasteiger partial charge in [-0.2, -0.15) is 0 Å². The molecule has 0 radical (unpaired) electrons. The molecule has 1 aliphatic heterocycles. The maximum atomic E-state index is 12.2. The van der Waals surface area contributed by atoms with Gasteiger partial charge in [0.25, 0.3) is 0 Å². The molecular formula is C15H28N2O3. The largest absolute Gasteiger partial charge is 0.480 e. The third-order valence-corrected chi connectivity index (χ3v) is 4.40. The van der Waals surface area contributed by atoms with E-state index in [9.17, 15) is 14.7 Å². The second-order valence-electron chi connectivity index (χ2n) is 5.60. The van der Waals surface area contributed by atoms with Crippen LogP contribution in [-0.2, 0) is 9.59 Å². The zero-order valence-corrected chi connectivity index (χ0v) is 12.8. The van der Waals surface area contributed by atoms with Gasteiger partial charge in [-0.05, 0) is 25.7 Å². The van der Waals surface area contributed by atoms with E-state index in [2.05, 4.69) is 5.32 Å². The Hall–Kier alpha value is -1.10. The quantitative estimate of drug-likeness (QED) is 0.783. The fourth-order valence-electron chi connectivity index (χ4n) is 2.73. The molecule has 116 valence electrons. The molecule has 0 spiro atoms. The van der Waals surface area contributed by atoms with E-state index in [1.54, 1.807) is 0 Å².